The monoisotopic (exact) mass is 161 g/mol. The molecule has 0 aliphatic carbocycles. The largest absolute Gasteiger partial charge is 0.121 e. The molecule has 0 spiro atoms. The van der Waals surface area contributed by atoms with Crippen LogP contribution in [0, 0.1) is 6.92 Å². The SMILES string of the molecule is [CH2]C1=CCSc2ccccc21. The van der Waals surface area contributed by atoms with Gasteiger partial charge in [-0.2, -0.15) is 0 Å². The lowest BCUT2D eigenvalue weighted by atomic mass is 10.1. The zero-order chi connectivity index (χ0) is 7.68. The fraction of sp³-hybridized carbons (Fsp3) is 0.100. The number of hydrogen-bond donors (Lipinski definition) is 0. The van der Waals surface area contributed by atoms with Gasteiger partial charge in [-0.3, -0.25) is 0 Å². The number of benzene rings is 1. The molecule has 0 atom stereocenters. The summed E-state index contributed by atoms with van der Waals surface area (Å²) in [6.45, 7) is 3.99. The van der Waals surface area contributed by atoms with Gasteiger partial charge in [-0.05, 0) is 24.1 Å². The zero-order valence-corrected chi connectivity index (χ0v) is 7.03. The molecule has 1 aliphatic heterocycles. The molecule has 0 fully saturated rings. The number of hydrogen-bond acceptors (Lipinski definition) is 1. The summed E-state index contributed by atoms with van der Waals surface area (Å²) in [7, 11) is 0. The summed E-state index contributed by atoms with van der Waals surface area (Å²) < 4.78 is 0. The Morgan fingerprint density at radius 3 is 2.91 bits per heavy atom. The molecule has 1 aromatic carbocycles. The highest BCUT2D eigenvalue weighted by atomic mass is 32.2. The van der Waals surface area contributed by atoms with Gasteiger partial charge in [-0.15, -0.1) is 11.8 Å². The van der Waals surface area contributed by atoms with Crippen molar-refractivity contribution in [3.05, 3.63) is 42.8 Å². The quantitative estimate of drug-likeness (QED) is 0.563. The van der Waals surface area contributed by atoms with Crippen LogP contribution in [0.2, 0.25) is 0 Å². The lowest BCUT2D eigenvalue weighted by Gasteiger charge is -2.12. The Balaban J connectivity index is 2.56. The van der Waals surface area contributed by atoms with Gasteiger partial charge < -0.3 is 0 Å². The summed E-state index contributed by atoms with van der Waals surface area (Å²) in [5.74, 6) is 1.07. The molecule has 0 amide bonds. The van der Waals surface area contributed by atoms with Gasteiger partial charge in [0.05, 0.1) is 0 Å². The molecular weight excluding hydrogens is 152 g/mol. The van der Waals surface area contributed by atoms with Crippen LogP contribution < -0.4 is 0 Å². The molecular formula is C10H9S. The molecule has 55 valence electrons. The Labute approximate surface area is 71.3 Å². The zero-order valence-electron chi connectivity index (χ0n) is 6.21. The summed E-state index contributed by atoms with van der Waals surface area (Å²) in [4.78, 5) is 1.36. The summed E-state index contributed by atoms with van der Waals surface area (Å²) >= 11 is 1.88. The molecule has 1 aliphatic rings. The Hall–Kier alpha value is -0.690. The van der Waals surface area contributed by atoms with E-state index < -0.39 is 0 Å². The number of rotatable bonds is 0. The second kappa shape index (κ2) is 2.74. The van der Waals surface area contributed by atoms with Gasteiger partial charge in [0.15, 0.2) is 0 Å². The highest BCUT2D eigenvalue weighted by Crippen LogP contribution is 2.32. The van der Waals surface area contributed by atoms with Crippen LogP contribution in [0.3, 0.4) is 0 Å². The van der Waals surface area contributed by atoms with Gasteiger partial charge in [-0.1, -0.05) is 24.3 Å². The molecule has 1 heteroatoms. The smallest absolute Gasteiger partial charge is 0.0167 e. The maximum absolute atomic E-state index is 3.99. The van der Waals surface area contributed by atoms with E-state index in [9.17, 15) is 0 Å². The molecule has 1 heterocycles. The van der Waals surface area contributed by atoms with Crippen molar-refractivity contribution in [2.45, 2.75) is 4.90 Å². The topological polar surface area (TPSA) is 0 Å². The lowest BCUT2D eigenvalue weighted by molar-refractivity contribution is 1.38. The van der Waals surface area contributed by atoms with E-state index in [2.05, 4.69) is 37.3 Å². The Bertz CT molecular complexity index is 299. The molecule has 0 aromatic heterocycles. The molecule has 1 radical (unpaired) electrons. The lowest BCUT2D eigenvalue weighted by Crippen LogP contribution is -1.91. The van der Waals surface area contributed by atoms with Crippen LogP contribution in [0.4, 0.5) is 0 Å². The van der Waals surface area contributed by atoms with Crippen LogP contribution in [-0.4, -0.2) is 5.75 Å². The van der Waals surface area contributed by atoms with E-state index in [4.69, 9.17) is 0 Å². The maximum Gasteiger partial charge on any atom is 0.0167 e. The standard InChI is InChI=1S/C10H9S/c1-8-6-7-11-10-5-3-2-4-9(8)10/h2-6H,1,7H2. The number of thioether (sulfide) groups is 1. The summed E-state index contributed by atoms with van der Waals surface area (Å²) in [6, 6.07) is 8.41. The van der Waals surface area contributed by atoms with Crippen molar-refractivity contribution >= 4 is 17.3 Å². The first-order valence-corrected chi connectivity index (χ1v) is 4.61. The predicted molar refractivity (Wildman–Crippen MR) is 50.5 cm³/mol. The molecule has 1 aromatic rings. The van der Waals surface area contributed by atoms with E-state index in [0.29, 0.717) is 0 Å². The van der Waals surface area contributed by atoms with E-state index in [1.165, 1.54) is 16.0 Å². The molecule has 0 saturated heterocycles. The normalized spacial score (nSPS) is 15.5. The minimum absolute atomic E-state index is 1.07. The van der Waals surface area contributed by atoms with E-state index in [-0.39, 0.29) is 0 Å². The first kappa shape index (κ1) is 6.99. The fourth-order valence-electron chi connectivity index (χ4n) is 1.20. The Kier molecular flexibility index (Phi) is 1.74. The van der Waals surface area contributed by atoms with Crippen molar-refractivity contribution in [1.82, 2.24) is 0 Å². The van der Waals surface area contributed by atoms with Gasteiger partial charge in [0, 0.05) is 10.6 Å². The number of allylic oxidation sites excluding steroid dienone is 1. The molecule has 0 unspecified atom stereocenters. The third-order valence-corrected chi connectivity index (χ3v) is 2.80. The third kappa shape index (κ3) is 1.21. The summed E-state index contributed by atoms with van der Waals surface area (Å²) in [5.41, 5.74) is 2.46. The molecule has 0 N–H and O–H groups in total. The van der Waals surface area contributed by atoms with E-state index in [1.54, 1.807) is 0 Å². The molecule has 11 heavy (non-hydrogen) atoms. The number of fused-ring (bicyclic) bond motifs is 1. The van der Waals surface area contributed by atoms with Crippen LogP contribution in [-0.2, 0) is 0 Å². The van der Waals surface area contributed by atoms with Gasteiger partial charge in [0.2, 0.25) is 0 Å². The Morgan fingerprint density at radius 1 is 1.27 bits per heavy atom. The van der Waals surface area contributed by atoms with Crippen LogP contribution in [0.25, 0.3) is 5.57 Å². The van der Waals surface area contributed by atoms with Gasteiger partial charge in [-0.25, -0.2) is 0 Å². The first-order valence-electron chi connectivity index (χ1n) is 3.62. The molecule has 0 saturated carbocycles. The third-order valence-electron chi connectivity index (χ3n) is 1.80. The van der Waals surface area contributed by atoms with Crippen molar-refractivity contribution in [2.24, 2.45) is 0 Å². The van der Waals surface area contributed by atoms with Crippen LogP contribution >= 0.6 is 11.8 Å². The van der Waals surface area contributed by atoms with Gasteiger partial charge >= 0.3 is 0 Å². The van der Waals surface area contributed by atoms with Crippen LogP contribution in [0.1, 0.15) is 5.56 Å². The predicted octanol–water partition coefficient (Wildman–Crippen LogP) is 3.01. The fourth-order valence-corrected chi connectivity index (χ4v) is 2.19. The van der Waals surface area contributed by atoms with Gasteiger partial charge in [0.1, 0.15) is 0 Å². The first-order chi connectivity index (χ1) is 5.38. The van der Waals surface area contributed by atoms with E-state index in [1.807, 2.05) is 11.8 Å². The second-order valence-electron chi connectivity index (χ2n) is 2.54. The second-order valence-corrected chi connectivity index (χ2v) is 3.60. The van der Waals surface area contributed by atoms with Crippen molar-refractivity contribution in [1.29, 1.82) is 0 Å². The van der Waals surface area contributed by atoms with Crippen molar-refractivity contribution in [3.63, 3.8) is 0 Å². The minimum atomic E-state index is 1.07. The Morgan fingerprint density at radius 2 is 2.09 bits per heavy atom. The average Bonchev–Trinajstić information content (AvgIpc) is 2.06. The van der Waals surface area contributed by atoms with Crippen molar-refractivity contribution in [2.75, 3.05) is 5.75 Å². The minimum Gasteiger partial charge on any atom is -0.121 e. The molecule has 0 bridgehead atoms. The van der Waals surface area contributed by atoms with Crippen LogP contribution in [0.5, 0.6) is 0 Å². The van der Waals surface area contributed by atoms with E-state index >= 15 is 0 Å². The average molecular weight is 161 g/mol. The van der Waals surface area contributed by atoms with Gasteiger partial charge in [0.25, 0.3) is 0 Å². The van der Waals surface area contributed by atoms with Crippen molar-refractivity contribution < 1.29 is 0 Å². The highest BCUT2D eigenvalue weighted by molar-refractivity contribution is 7.99. The molecule has 0 nitrogen and oxygen atoms in total. The van der Waals surface area contributed by atoms with Crippen molar-refractivity contribution in [3.8, 4) is 0 Å². The molecule has 2 rings (SSSR count). The van der Waals surface area contributed by atoms with E-state index in [0.717, 1.165) is 5.75 Å². The van der Waals surface area contributed by atoms with Crippen LogP contribution in [0.15, 0.2) is 35.2 Å². The maximum atomic E-state index is 3.99. The summed E-state index contributed by atoms with van der Waals surface area (Å²) in [6.07, 6.45) is 2.17. The summed E-state index contributed by atoms with van der Waals surface area (Å²) in [5, 5.41) is 0. The highest BCUT2D eigenvalue weighted by Gasteiger charge is 2.07.